The standard InChI is InChI=1S/C15H22N2O3/c1-5-9(2)11(4)16-15(20)17-13-7-6-12(14(18)19)8-10(13)3/h6-9,11H,5H2,1-4H3,(H,18,19)(H2,16,17,20). The van der Waals surface area contributed by atoms with Gasteiger partial charge < -0.3 is 15.7 Å². The van der Waals surface area contributed by atoms with Crippen molar-refractivity contribution in [2.75, 3.05) is 5.32 Å². The molecular formula is C15H22N2O3. The molecule has 20 heavy (non-hydrogen) atoms. The van der Waals surface area contributed by atoms with Crippen molar-refractivity contribution < 1.29 is 14.7 Å². The number of hydrogen-bond donors (Lipinski definition) is 3. The van der Waals surface area contributed by atoms with E-state index in [-0.39, 0.29) is 17.6 Å². The molecule has 0 aromatic heterocycles. The highest BCUT2D eigenvalue weighted by Gasteiger charge is 2.14. The molecule has 3 N–H and O–H groups in total. The van der Waals surface area contributed by atoms with E-state index >= 15 is 0 Å². The molecule has 1 aromatic carbocycles. The lowest BCUT2D eigenvalue weighted by Crippen LogP contribution is -2.39. The molecule has 5 nitrogen and oxygen atoms in total. The van der Waals surface area contributed by atoms with Crippen LogP contribution in [0.4, 0.5) is 10.5 Å². The minimum Gasteiger partial charge on any atom is -0.478 e. The van der Waals surface area contributed by atoms with Gasteiger partial charge in [-0.2, -0.15) is 0 Å². The molecule has 0 fully saturated rings. The molecule has 1 aromatic rings. The Labute approximate surface area is 119 Å². The smallest absolute Gasteiger partial charge is 0.335 e. The molecular weight excluding hydrogens is 256 g/mol. The number of rotatable bonds is 5. The molecule has 0 aliphatic rings. The Morgan fingerprint density at radius 1 is 1.30 bits per heavy atom. The van der Waals surface area contributed by atoms with Crippen molar-refractivity contribution in [2.24, 2.45) is 5.92 Å². The van der Waals surface area contributed by atoms with Crippen LogP contribution in [0.3, 0.4) is 0 Å². The van der Waals surface area contributed by atoms with Gasteiger partial charge in [0.05, 0.1) is 5.56 Å². The zero-order chi connectivity index (χ0) is 15.3. The summed E-state index contributed by atoms with van der Waals surface area (Å²) < 4.78 is 0. The number of carbonyl (C=O) groups excluding carboxylic acids is 1. The Bertz CT molecular complexity index is 500. The van der Waals surface area contributed by atoms with Crippen LogP contribution in [0.15, 0.2) is 18.2 Å². The average molecular weight is 278 g/mol. The SMILES string of the molecule is CCC(C)C(C)NC(=O)Nc1ccc(C(=O)O)cc1C. The molecule has 0 aliphatic carbocycles. The van der Waals surface area contributed by atoms with E-state index in [1.165, 1.54) is 12.1 Å². The Morgan fingerprint density at radius 2 is 1.95 bits per heavy atom. The normalized spacial score (nSPS) is 13.4. The number of hydrogen-bond acceptors (Lipinski definition) is 2. The van der Waals surface area contributed by atoms with E-state index in [0.29, 0.717) is 11.6 Å². The second kappa shape index (κ2) is 6.93. The van der Waals surface area contributed by atoms with Crippen LogP contribution in [0.2, 0.25) is 0 Å². The quantitative estimate of drug-likeness (QED) is 0.773. The highest BCUT2D eigenvalue weighted by atomic mass is 16.4. The van der Waals surface area contributed by atoms with E-state index in [1.54, 1.807) is 13.0 Å². The van der Waals surface area contributed by atoms with E-state index in [1.807, 2.05) is 6.92 Å². The summed E-state index contributed by atoms with van der Waals surface area (Å²) in [4.78, 5) is 22.7. The van der Waals surface area contributed by atoms with Crippen molar-refractivity contribution in [3.8, 4) is 0 Å². The van der Waals surface area contributed by atoms with Gasteiger partial charge in [0.25, 0.3) is 0 Å². The van der Waals surface area contributed by atoms with Crippen LogP contribution in [0.25, 0.3) is 0 Å². The molecule has 1 rings (SSSR count). The second-order valence-corrected chi connectivity index (χ2v) is 5.11. The van der Waals surface area contributed by atoms with E-state index in [9.17, 15) is 9.59 Å². The zero-order valence-corrected chi connectivity index (χ0v) is 12.4. The van der Waals surface area contributed by atoms with E-state index in [2.05, 4.69) is 24.5 Å². The number of benzene rings is 1. The minimum absolute atomic E-state index is 0.0820. The maximum atomic E-state index is 11.9. The molecule has 0 saturated heterocycles. The lowest BCUT2D eigenvalue weighted by atomic mass is 10.0. The Hall–Kier alpha value is -2.04. The van der Waals surface area contributed by atoms with Gasteiger partial charge in [0, 0.05) is 11.7 Å². The average Bonchev–Trinajstić information content (AvgIpc) is 2.39. The lowest BCUT2D eigenvalue weighted by Gasteiger charge is -2.20. The highest BCUT2D eigenvalue weighted by molar-refractivity contribution is 5.92. The first-order chi connectivity index (χ1) is 9.35. The van der Waals surface area contributed by atoms with Gasteiger partial charge in [-0.15, -0.1) is 0 Å². The Kier molecular flexibility index (Phi) is 5.55. The van der Waals surface area contributed by atoms with Gasteiger partial charge in [0.15, 0.2) is 0 Å². The number of amides is 2. The predicted octanol–water partition coefficient (Wildman–Crippen LogP) is 3.25. The van der Waals surface area contributed by atoms with Crippen LogP contribution in [0, 0.1) is 12.8 Å². The third-order valence-corrected chi connectivity index (χ3v) is 3.58. The number of urea groups is 1. The van der Waals surface area contributed by atoms with Gasteiger partial charge in [-0.1, -0.05) is 20.3 Å². The molecule has 2 amide bonds. The molecule has 5 heteroatoms. The zero-order valence-electron chi connectivity index (χ0n) is 12.4. The molecule has 2 atom stereocenters. The number of carboxylic acid groups (broad SMARTS) is 1. The third kappa shape index (κ3) is 4.26. The van der Waals surface area contributed by atoms with E-state index in [4.69, 9.17) is 5.11 Å². The van der Waals surface area contributed by atoms with Gasteiger partial charge >= 0.3 is 12.0 Å². The summed E-state index contributed by atoms with van der Waals surface area (Å²) in [5, 5.41) is 14.5. The molecule has 0 bridgehead atoms. The van der Waals surface area contributed by atoms with Crippen molar-refractivity contribution in [1.29, 1.82) is 0 Å². The summed E-state index contributed by atoms with van der Waals surface area (Å²) in [6, 6.07) is 4.42. The van der Waals surface area contributed by atoms with Gasteiger partial charge in [-0.25, -0.2) is 9.59 Å². The number of carboxylic acids is 1. The van der Waals surface area contributed by atoms with Crippen molar-refractivity contribution in [1.82, 2.24) is 5.32 Å². The van der Waals surface area contributed by atoms with Crippen molar-refractivity contribution in [3.63, 3.8) is 0 Å². The molecule has 0 saturated carbocycles. The summed E-state index contributed by atoms with van der Waals surface area (Å²) in [6.45, 7) is 7.89. The number of aromatic carboxylic acids is 1. The number of anilines is 1. The first kappa shape index (κ1) is 16.0. The maximum absolute atomic E-state index is 11.9. The van der Waals surface area contributed by atoms with Gasteiger partial charge in [0.1, 0.15) is 0 Å². The predicted molar refractivity (Wildman–Crippen MR) is 79.2 cm³/mol. The summed E-state index contributed by atoms with van der Waals surface area (Å²) in [7, 11) is 0. The summed E-state index contributed by atoms with van der Waals surface area (Å²) in [5.41, 5.74) is 1.54. The molecule has 0 spiro atoms. The number of carbonyl (C=O) groups is 2. The second-order valence-electron chi connectivity index (χ2n) is 5.11. The van der Waals surface area contributed by atoms with Crippen LogP contribution >= 0.6 is 0 Å². The largest absolute Gasteiger partial charge is 0.478 e. The molecule has 0 heterocycles. The topological polar surface area (TPSA) is 78.4 Å². The first-order valence-corrected chi connectivity index (χ1v) is 6.76. The fourth-order valence-corrected chi connectivity index (χ4v) is 1.80. The summed E-state index contributed by atoms with van der Waals surface area (Å²) >= 11 is 0. The fourth-order valence-electron chi connectivity index (χ4n) is 1.80. The van der Waals surface area contributed by atoms with Crippen LogP contribution in [-0.2, 0) is 0 Å². The summed E-state index contributed by atoms with van der Waals surface area (Å²) in [6.07, 6.45) is 0.994. The molecule has 0 radical (unpaired) electrons. The van der Waals surface area contributed by atoms with Crippen LogP contribution < -0.4 is 10.6 Å². The molecule has 0 aliphatic heterocycles. The van der Waals surface area contributed by atoms with Crippen molar-refractivity contribution in [2.45, 2.75) is 40.2 Å². The first-order valence-electron chi connectivity index (χ1n) is 6.76. The maximum Gasteiger partial charge on any atom is 0.335 e. The molecule has 2 unspecified atom stereocenters. The number of aryl methyl sites for hydroxylation is 1. The number of nitrogens with one attached hydrogen (secondary N) is 2. The van der Waals surface area contributed by atoms with Crippen LogP contribution in [0.1, 0.15) is 43.1 Å². The van der Waals surface area contributed by atoms with Gasteiger partial charge in [-0.05, 0) is 43.5 Å². The summed E-state index contributed by atoms with van der Waals surface area (Å²) in [5.74, 6) is -0.578. The van der Waals surface area contributed by atoms with E-state index < -0.39 is 5.97 Å². The van der Waals surface area contributed by atoms with Gasteiger partial charge in [-0.3, -0.25) is 0 Å². The molecule has 110 valence electrons. The van der Waals surface area contributed by atoms with E-state index in [0.717, 1.165) is 12.0 Å². The minimum atomic E-state index is -0.977. The fraction of sp³-hybridized carbons (Fsp3) is 0.467. The van der Waals surface area contributed by atoms with Crippen molar-refractivity contribution in [3.05, 3.63) is 29.3 Å². The lowest BCUT2D eigenvalue weighted by molar-refractivity contribution is 0.0697. The Morgan fingerprint density at radius 3 is 2.45 bits per heavy atom. The van der Waals surface area contributed by atoms with Crippen LogP contribution in [0.5, 0.6) is 0 Å². The third-order valence-electron chi connectivity index (χ3n) is 3.58. The highest BCUT2D eigenvalue weighted by Crippen LogP contribution is 2.16. The van der Waals surface area contributed by atoms with Crippen LogP contribution in [-0.4, -0.2) is 23.1 Å². The van der Waals surface area contributed by atoms with Gasteiger partial charge in [0.2, 0.25) is 0 Å². The monoisotopic (exact) mass is 278 g/mol. The Balaban J connectivity index is 2.69. The van der Waals surface area contributed by atoms with Crippen molar-refractivity contribution >= 4 is 17.7 Å².